The summed E-state index contributed by atoms with van der Waals surface area (Å²) in [4.78, 5) is 21.1. The van der Waals surface area contributed by atoms with Gasteiger partial charge in [0.15, 0.2) is 0 Å². The number of carbonyl (C=O) groups is 1. The first kappa shape index (κ1) is 25.1. The number of pyridine rings is 1. The van der Waals surface area contributed by atoms with Crippen LogP contribution < -0.4 is 4.90 Å². The maximum atomic E-state index is 13.4. The first-order valence-corrected chi connectivity index (χ1v) is 12.2. The van der Waals surface area contributed by atoms with Gasteiger partial charge in [0.1, 0.15) is 17.7 Å². The van der Waals surface area contributed by atoms with Crippen LogP contribution in [0.1, 0.15) is 74.3 Å². The van der Waals surface area contributed by atoms with Crippen molar-refractivity contribution in [3.63, 3.8) is 0 Å². The Morgan fingerprint density at radius 1 is 1.17 bits per heavy atom. The van der Waals surface area contributed by atoms with Crippen LogP contribution in [0, 0.1) is 6.92 Å². The monoisotopic (exact) mass is 491 g/mol. The highest BCUT2D eigenvalue weighted by molar-refractivity contribution is 5.71. The van der Waals surface area contributed by atoms with Crippen LogP contribution in [-0.4, -0.2) is 39.7 Å². The maximum absolute atomic E-state index is 13.4. The standard InChI is InChI=1S/C26H32F3N3O3/c1-4-31(21-8-6-5-7-9-21)24-19(13-22(33)14-30-24)15-32-17(3)23(35-25(32)34)18-10-16(2)11-20(12-18)26(27,28)29/h10-14,17,21,23,33H,4-9,15H2,1-3H3/t17-,23-/m0/s1. The highest BCUT2D eigenvalue weighted by atomic mass is 19.4. The lowest BCUT2D eigenvalue weighted by molar-refractivity contribution is -0.137. The molecule has 1 saturated heterocycles. The number of anilines is 1. The fraction of sp³-hybridized carbons (Fsp3) is 0.538. The summed E-state index contributed by atoms with van der Waals surface area (Å²) >= 11 is 0. The molecule has 1 aromatic heterocycles. The molecule has 2 fully saturated rings. The second kappa shape index (κ2) is 9.95. The molecule has 1 aliphatic carbocycles. The van der Waals surface area contributed by atoms with E-state index in [1.807, 2.05) is 0 Å². The van der Waals surface area contributed by atoms with Gasteiger partial charge in [0, 0.05) is 18.2 Å². The molecule has 4 rings (SSSR count). The number of carbonyl (C=O) groups excluding carboxylic acids is 1. The van der Waals surface area contributed by atoms with Crippen molar-refractivity contribution in [3.05, 3.63) is 52.7 Å². The third-order valence-corrected chi connectivity index (χ3v) is 7.04. The van der Waals surface area contributed by atoms with Crippen molar-refractivity contribution in [1.29, 1.82) is 0 Å². The number of benzene rings is 1. The minimum absolute atomic E-state index is 0.00582. The van der Waals surface area contributed by atoms with Crippen molar-refractivity contribution in [2.75, 3.05) is 11.4 Å². The molecule has 0 unspecified atom stereocenters. The Labute approximate surface area is 203 Å². The zero-order chi connectivity index (χ0) is 25.3. The van der Waals surface area contributed by atoms with Crippen molar-refractivity contribution < 1.29 is 27.8 Å². The Morgan fingerprint density at radius 3 is 2.54 bits per heavy atom. The average molecular weight is 492 g/mol. The van der Waals surface area contributed by atoms with Gasteiger partial charge in [-0.05, 0) is 57.4 Å². The molecule has 35 heavy (non-hydrogen) atoms. The molecule has 2 aliphatic rings. The predicted molar refractivity (Wildman–Crippen MR) is 126 cm³/mol. The van der Waals surface area contributed by atoms with Gasteiger partial charge in [0.2, 0.25) is 0 Å². The summed E-state index contributed by atoms with van der Waals surface area (Å²) in [6.45, 7) is 6.29. The van der Waals surface area contributed by atoms with Gasteiger partial charge in [-0.15, -0.1) is 0 Å². The molecule has 0 radical (unpaired) electrons. The van der Waals surface area contributed by atoms with E-state index in [1.54, 1.807) is 26.0 Å². The summed E-state index contributed by atoms with van der Waals surface area (Å²) in [5.41, 5.74) is 0.677. The molecular weight excluding hydrogens is 459 g/mol. The third kappa shape index (κ3) is 5.33. The summed E-state index contributed by atoms with van der Waals surface area (Å²) in [5, 5.41) is 10.2. The number of hydrogen-bond acceptors (Lipinski definition) is 5. The Balaban J connectivity index is 1.61. The third-order valence-electron chi connectivity index (χ3n) is 7.04. The molecule has 1 aliphatic heterocycles. The van der Waals surface area contributed by atoms with Crippen molar-refractivity contribution in [3.8, 4) is 5.75 Å². The molecular formula is C26H32F3N3O3. The zero-order valence-corrected chi connectivity index (χ0v) is 20.3. The predicted octanol–water partition coefficient (Wildman–Crippen LogP) is 6.36. The number of halogens is 3. The van der Waals surface area contributed by atoms with E-state index in [1.165, 1.54) is 17.5 Å². The van der Waals surface area contributed by atoms with Crippen LogP contribution in [0.25, 0.3) is 0 Å². The lowest BCUT2D eigenvalue weighted by Crippen LogP contribution is -2.39. The molecule has 2 atom stereocenters. The SMILES string of the molecule is CCN(c1ncc(O)cc1CN1C(=O)O[C@H](c2cc(C)cc(C(F)(F)F)c2)[C@@H]1C)C1CCCCC1. The van der Waals surface area contributed by atoms with Crippen LogP contribution >= 0.6 is 0 Å². The number of cyclic esters (lactones) is 1. The fourth-order valence-corrected chi connectivity index (χ4v) is 5.32. The first-order valence-electron chi connectivity index (χ1n) is 12.2. The quantitative estimate of drug-likeness (QED) is 0.510. The summed E-state index contributed by atoms with van der Waals surface area (Å²) in [6.07, 6.45) is 1.14. The van der Waals surface area contributed by atoms with Gasteiger partial charge < -0.3 is 14.7 Å². The number of rotatable bonds is 6. The van der Waals surface area contributed by atoms with E-state index >= 15 is 0 Å². The first-order chi connectivity index (χ1) is 16.6. The van der Waals surface area contributed by atoms with E-state index in [9.17, 15) is 23.1 Å². The van der Waals surface area contributed by atoms with Crippen molar-refractivity contribution in [2.24, 2.45) is 0 Å². The number of nitrogens with zero attached hydrogens (tertiary/aromatic N) is 3. The Bertz CT molecular complexity index is 1070. The smallest absolute Gasteiger partial charge is 0.416 e. The number of aromatic hydroxyl groups is 1. The highest BCUT2D eigenvalue weighted by Crippen LogP contribution is 2.39. The lowest BCUT2D eigenvalue weighted by Gasteiger charge is -2.36. The molecule has 1 saturated carbocycles. The highest BCUT2D eigenvalue weighted by Gasteiger charge is 2.41. The van der Waals surface area contributed by atoms with Gasteiger partial charge in [0.25, 0.3) is 0 Å². The van der Waals surface area contributed by atoms with E-state index in [-0.39, 0.29) is 12.3 Å². The summed E-state index contributed by atoms with van der Waals surface area (Å²) in [7, 11) is 0. The molecule has 190 valence electrons. The topological polar surface area (TPSA) is 65.9 Å². The molecule has 0 spiro atoms. The number of ether oxygens (including phenoxy) is 1. The zero-order valence-electron chi connectivity index (χ0n) is 20.3. The van der Waals surface area contributed by atoms with Crippen LogP contribution in [0.5, 0.6) is 5.75 Å². The van der Waals surface area contributed by atoms with Gasteiger partial charge in [0.05, 0.1) is 24.3 Å². The molecule has 6 nitrogen and oxygen atoms in total. The van der Waals surface area contributed by atoms with Crippen molar-refractivity contribution in [2.45, 2.75) is 83.8 Å². The van der Waals surface area contributed by atoms with E-state index in [0.717, 1.165) is 50.2 Å². The average Bonchev–Trinajstić information content (AvgIpc) is 3.09. The minimum atomic E-state index is -4.49. The summed E-state index contributed by atoms with van der Waals surface area (Å²) < 4.78 is 45.7. The van der Waals surface area contributed by atoms with Crippen LogP contribution in [0.4, 0.5) is 23.8 Å². The second-order valence-corrected chi connectivity index (χ2v) is 9.56. The molecule has 1 aromatic carbocycles. The molecule has 0 bridgehead atoms. The van der Waals surface area contributed by atoms with Crippen LogP contribution in [0.3, 0.4) is 0 Å². The minimum Gasteiger partial charge on any atom is -0.506 e. The van der Waals surface area contributed by atoms with Crippen LogP contribution in [0.2, 0.25) is 0 Å². The van der Waals surface area contributed by atoms with E-state index in [0.29, 0.717) is 22.7 Å². The van der Waals surface area contributed by atoms with Crippen LogP contribution in [0.15, 0.2) is 30.5 Å². The normalized spacial score (nSPS) is 21.3. The van der Waals surface area contributed by atoms with E-state index in [2.05, 4.69) is 16.8 Å². The molecule has 2 aromatic rings. The summed E-state index contributed by atoms with van der Waals surface area (Å²) in [6, 6.07) is 5.19. The molecule has 9 heteroatoms. The number of amides is 1. The Morgan fingerprint density at radius 2 is 1.89 bits per heavy atom. The van der Waals surface area contributed by atoms with Gasteiger partial charge in [-0.3, -0.25) is 4.90 Å². The summed E-state index contributed by atoms with van der Waals surface area (Å²) in [5.74, 6) is 0.712. The van der Waals surface area contributed by atoms with Gasteiger partial charge in [-0.1, -0.05) is 30.9 Å². The second-order valence-electron chi connectivity index (χ2n) is 9.56. The Kier molecular flexibility index (Phi) is 7.15. The number of hydrogen-bond donors (Lipinski definition) is 1. The lowest BCUT2D eigenvalue weighted by atomic mass is 9.94. The fourth-order valence-electron chi connectivity index (χ4n) is 5.32. The molecule has 2 heterocycles. The van der Waals surface area contributed by atoms with Crippen LogP contribution in [-0.2, 0) is 17.5 Å². The molecule has 1 amide bonds. The van der Waals surface area contributed by atoms with Crippen molar-refractivity contribution >= 4 is 11.9 Å². The van der Waals surface area contributed by atoms with Gasteiger partial charge in [-0.2, -0.15) is 13.2 Å². The Hall–Kier alpha value is -2.97. The maximum Gasteiger partial charge on any atom is 0.416 e. The van der Waals surface area contributed by atoms with E-state index in [4.69, 9.17) is 4.74 Å². The number of alkyl halides is 3. The molecule has 1 N–H and O–H groups in total. The number of aromatic nitrogens is 1. The van der Waals surface area contributed by atoms with Gasteiger partial charge in [-0.25, -0.2) is 9.78 Å². The van der Waals surface area contributed by atoms with Gasteiger partial charge >= 0.3 is 12.3 Å². The number of aryl methyl sites for hydroxylation is 1. The largest absolute Gasteiger partial charge is 0.506 e. The van der Waals surface area contributed by atoms with Crippen molar-refractivity contribution in [1.82, 2.24) is 9.88 Å². The van der Waals surface area contributed by atoms with E-state index < -0.39 is 30.0 Å².